The third kappa shape index (κ3) is 4.91. The van der Waals surface area contributed by atoms with E-state index in [0.29, 0.717) is 5.56 Å². The summed E-state index contributed by atoms with van der Waals surface area (Å²) in [7, 11) is -3.75. The smallest absolute Gasteiger partial charge is 0.238 e. The summed E-state index contributed by atoms with van der Waals surface area (Å²) in [6, 6.07) is 13.7. The van der Waals surface area contributed by atoms with E-state index in [0.717, 1.165) is 11.1 Å². The second-order valence-electron chi connectivity index (χ2n) is 5.57. The van der Waals surface area contributed by atoms with Gasteiger partial charge in [0.15, 0.2) is 0 Å². The van der Waals surface area contributed by atoms with E-state index in [4.69, 9.17) is 5.14 Å². The summed E-state index contributed by atoms with van der Waals surface area (Å²) >= 11 is 0. The highest BCUT2D eigenvalue weighted by Gasteiger charge is 2.13. The lowest BCUT2D eigenvalue weighted by Gasteiger charge is -2.15. The number of carbonyl (C=O) groups is 1. The van der Waals surface area contributed by atoms with Crippen LogP contribution in [0.3, 0.4) is 0 Å². The minimum Gasteiger partial charge on any atom is -0.349 e. The summed E-state index contributed by atoms with van der Waals surface area (Å²) < 4.78 is 22.8. The number of nitrogens with two attached hydrogens (primary N) is 1. The van der Waals surface area contributed by atoms with E-state index in [9.17, 15) is 13.2 Å². The highest BCUT2D eigenvalue weighted by atomic mass is 32.2. The zero-order valence-electron chi connectivity index (χ0n) is 13.1. The van der Waals surface area contributed by atoms with Crippen LogP contribution in [0.4, 0.5) is 0 Å². The fourth-order valence-corrected chi connectivity index (χ4v) is 2.80. The second-order valence-corrected chi connectivity index (χ2v) is 7.13. The van der Waals surface area contributed by atoms with Crippen LogP contribution in [-0.2, 0) is 21.2 Å². The van der Waals surface area contributed by atoms with Crippen LogP contribution in [0.2, 0.25) is 0 Å². The third-order valence-corrected chi connectivity index (χ3v) is 4.46. The van der Waals surface area contributed by atoms with Crippen molar-refractivity contribution in [3.63, 3.8) is 0 Å². The number of sulfonamides is 1. The second kappa shape index (κ2) is 6.93. The number of hydrogen-bond acceptors (Lipinski definition) is 3. The van der Waals surface area contributed by atoms with Crippen LogP contribution < -0.4 is 10.5 Å². The normalized spacial score (nSPS) is 12.7. The van der Waals surface area contributed by atoms with Gasteiger partial charge in [-0.25, -0.2) is 13.6 Å². The first-order valence-electron chi connectivity index (χ1n) is 7.23. The minimum absolute atomic E-state index is 0.0367. The van der Waals surface area contributed by atoms with Gasteiger partial charge in [-0.15, -0.1) is 0 Å². The summed E-state index contributed by atoms with van der Waals surface area (Å²) in [4.78, 5) is 12.1. The number of nitrogens with one attached hydrogen (secondary N) is 1. The molecule has 0 saturated heterocycles. The molecule has 1 amide bonds. The predicted octanol–water partition coefficient (Wildman–Crippen LogP) is 2.06. The van der Waals surface area contributed by atoms with Crippen molar-refractivity contribution in [1.82, 2.24) is 5.32 Å². The molecule has 0 spiro atoms. The van der Waals surface area contributed by atoms with Crippen LogP contribution in [0, 0.1) is 6.92 Å². The molecule has 122 valence electrons. The maximum Gasteiger partial charge on any atom is 0.238 e. The van der Waals surface area contributed by atoms with Gasteiger partial charge >= 0.3 is 0 Å². The molecule has 0 aromatic heterocycles. The van der Waals surface area contributed by atoms with Crippen molar-refractivity contribution in [2.24, 2.45) is 5.14 Å². The molecule has 0 unspecified atom stereocenters. The molecular formula is C17H20N2O3S. The molecule has 0 saturated carbocycles. The van der Waals surface area contributed by atoms with Gasteiger partial charge in [0.25, 0.3) is 0 Å². The molecule has 0 aliphatic carbocycles. The van der Waals surface area contributed by atoms with Crippen LogP contribution >= 0.6 is 0 Å². The van der Waals surface area contributed by atoms with Gasteiger partial charge in [-0.05, 0) is 37.1 Å². The summed E-state index contributed by atoms with van der Waals surface area (Å²) in [5.74, 6) is -0.123. The van der Waals surface area contributed by atoms with Gasteiger partial charge in [0.2, 0.25) is 15.9 Å². The predicted molar refractivity (Wildman–Crippen MR) is 89.3 cm³/mol. The first-order chi connectivity index (χ1) is 10.8. The fraction of sp³-hybridized carbons (Fsp3) is 0.235. The lowest BCUT2D eigenvalue weighted by Crippen LogP contribution is -2.28. The van der Waals surface area contributed by atoms with Crippen molar-refractivity contribution in [3.05, 3.63) is 65.2 Å². The molecule has 0 heterocycles. The van der Waals surface area contributed by atoms with E-state index in [2.05, 4.69) is 5.32 Å². The Morgan fingerprint density at radius 1 is 1.17 bits per heavy atom. The van der Waals surface area contributed by atoms with E-state index in [1.807, 2.05) is 31.2 Å². The zero-order chi connectivity index (χ0) is 17.0. The van der Waals surface area contributed by atoms with Crippen LogP contribution in [0.15, 0.2) is 53.4 Å². The largest absolute Gasteiger partial charge is 0.349 e. The fourth-order valence-electron chi connectivity index (χ4n) is 2.23. The van der Waals surface area contributed by atoms with Gasteiger partial charge in [-0.3, -0.25) is 4.79 Å². The van der Waals surface area contributed by atoms with E-state index in [1.54, 1.807) is 19.1 Å². The Balaban J connectivity index is 2.05. The van der Waals surface area contributed by atoms with E-state index >= 15 is 0 Å². The molecule has 0 radical (unpaired) electrons. The van der Waals surface area contributed by atoms with Crippen LogP contribution in [0.25, 0.3) is 0 Å². The van der Waals surface area contributed by atoms with E-state index < -0.39 is 10.0 Å². The summed E-state index contributed by atoms with van der Waals surface area (Å²) in [5.41, 5.74) is 2.76. The number of primary sulfonamides is 1. The maximum absolute atomic E-state index is 12.1. The topological polar surface area (TPSA) is 89.3 Å². The van der Waals surface area contributed by atoms with Crippen molar-refractivity contribution in [1.29, 1.82) is 0 Å². The van der Waals surface area contributed by atoms with Gasteiger partial charge in [0.05, 0.1) is 17.4 Å². The number of amides is 1. The summed E-state index contributed by atoms with van der Waals surface area (Å²) in [6.45, 7) is 3.79. The molecule has 0 fully saturated rings. The molecule has 0 aliphatic rings. The van der Waals surface area contributed by atoms with Crippen LogP contribution in [-0.4, -0.2) is 14.3 Å². The molecule has 6 heteroatoms. The highest BCUT2D eigenvalue weighted by molar-refractivity contribution is 7.89. The first-order valence-corrected chi connectivity index (χ1v) is 8.78. The minimum atomic E-state index is -3.75. The quantitative estimate of drug-likeness (QED) is 0.878. The van der Waals surface area contributed by atoms with Gasteiger partial charge < -0.3 is 5.32 Å². The molecule has 2 aromatic carbocycles. The van der Waals surface area contributed by atoms with Gasteiger partial charge in [-0.1, -0.05) is 42.0 Å². The monoisotopic (exact) mass is 332 g/mol. The van der Waals surface area contributed by atoms with Gasteiger partial charge in [0.1, 0.15) is 0 Å². The number of aryl methyl sites for hydroxylation is 1. The van der Waals surface area contributed by atoms with Gasteiger partial charge in [-0.2, -0.15) is 0 Å². The van der Waals surface area contributed by atoms with Crippen LogP contribution in [0.5, 0.6) is 0 Å². The third-order valence-electron chi connectivity index (χ3n) is 3.55. The lowest BCUT2D eigenvalue weighted by atomic mass is 10.1. The Labute approximate surface area is 136 Å². The number of carbonyl (C=O) groups excluding carboxylic acids is 1. The Kier molecular flexibility index (Phi) is 5.18. The molecule has 0 aliphatic heterocycles. The molecule has 2 rings (SSSR count). The summed E-state index contributed by atoms with van der Waals surface area (Å²) in [5, 5.41) is 7.99. The molecular weight excluding hydrogens is 312 g/mol. The number of hydrogen-bond donors (Lipinski definition) is 2. The van der Waals surface area contributed by atoms with Crippen molar-refractivity contribution in [3.8, 4) is 0 Å². The van der Waals surface area contributed by atoms with Crippen molar-refractivity contribution >= 4 is 15.9 Å². The SMILES string of the molecule is Cc1ccc(CC(=O)N[C@H](C)c2cccc(S(N)(=O)=O)c2)cc1. The Morgan fingerprint density at radius 3 is 2.43 bits per heavy atom. The molecule has 0 bridgehead atoms. The van der Waals surface area contributed by atoms with Crippen LogP contribution in [0.1, 0.15) is 29.7 Å². The molecule has 23 heavy (non-hydrogen) atoms. The molecule has 3 N–H and O–H groups in total. The lowest BCUT2D eigenvalue weighted by molar-refractivity contribution is -0.121. The van der Waals surface area contributed by atoms with Gasteiger partial charge in [0, 0.05) is 0 Å². The molecule has 1 atom stereocenters. The first kappa shape index (κ1) is 17.2. The number of benzene rings is 2. The average Bonchev–Trinajstić information content (AvgIpc) is 2.49. The molecule has 2 aromatic rings. The van der Waals surface area contributed by atoms with E-state index in [-0.39, 0.29) is 23.3 Å². The maximum atomic E-state index is 12.1. The Bertz CT molecular complexity index is 799. The Morgan fingerprint density at radius 2 is 1.83 bits per heavy atom. The standard InChI is InChI=1S/C17H20N2O3S/c1-12-6-8-14(9-7-12)10-17(20)19-13(2)15-4-3-5-16(11-15)23(18,21)22/h3-9,11,13H,10H2,1-2H3,(H,19,20)(H2,18,21,22)/t13-/m1/s1. The van der Waals surface area contributed by atoms with Crippen molar-refractivity contribution in [2.45, 2.75) is 31.2 Å². The van der Waals surface area contributed by atoms with Crippen molar-refractivity contribution < 1.29 is 13.2 Å². The summed E-state index contributed by atoms with van der Waals surface area (Å²) in [6.07, 6.45) is 0.277. The van der Waals surface area contributed by atoms with Crippen molar-refractivity contribution in [2.75, 3.05) is 0 Å². The zero-order valence-corrected chi connectivity index (χ0v) is 13.9. The van der Waals surface area contributed by atoms with E-state index in [1.165, 1.54) is 12.1 Å². The number of rotatable bonds is 5. The average molecular weight is 332 g/mol. The highest BCUT2D eigenvalue weighted by Crippen LogP contribution is 2.17. The molecule has 5 nitrogen and oxygen atoms in total. The Hall–Kier alpha value is -2.18.